The smallest absolute Gasteiger partial charge is 0.329 e. The number of amides is 2. The highest BCUT2D eigenvalue weighted by atomic mass is 16.4. The SMILES string of the molecule is Cn1nccc1CCNC(=O)NC1(C(=O)O)CCCCC1. The number of aliphatic carboxylic acids is 1. The van der Waals surface area contributed by atoms with E-state index in [0.29, 0.717) is 25.8 Å². The van der Waals surface area contributed by atoms with Crippen molar-refractivity contribution < 1.29 is 14.7 Å². The van der Waals surface area contributed by atoms with E-state index in [0.717, 1.165) is 25.0 Å². The van der Waals surface area contributed by atoms with Crippen LogP contribution in [0.4, 0.5) is 4.79 Å². The minimum absolute atomic E-state index is 0.415. The zero-order valence-corrected chi connectivity index (χ0v) is 12.3. The summed E-state index contributed by atoms with van der Waals surface area (Å²) in [5, 5.41) is 18.8. The van der Waals surface area contributed by atoms with Crippen LogP contribution in [-0.4, -0.2) is 39.0 Å². The van der Waals surface area contributed by atoms with Crippen LogP contribution in [0.3, 0.4) is 0 Å². The molecule has 0 spiro atoms. The number of carbonyl (C=O) groups excluding carboxylic acids is 1. The molecule has 1 aromatic heterocycles. The standard InChI is InChI=1S/C14H22N4O3/c1-18-11(6-10-16-18)5-9-15-13(21)17-14(12(19)20)7-3-2-4-8-14/h6,10H,2-5,7-9H2,1H3,(H,19,20)(H2,15,17,21). The molecule has 3 N–H and O–H groups in total. The van der Waals surface area contributed by atoms with Gasteiger partial charge in [0.15, 0.2) is 0 Å². The van der Waals surface area contributed by atoms with Gasteiger partial charge in [0.25, 0.3) is 0 Å². The van der Waals surface area contributed by atoms with Crippen molar-refractivity contribution in [2.75, 3.05) is 6.54 Å². The van der Waals surface area contributed by atoms with Gasteiger partial charge < -0.3 is 15.7 Å². The highest BCUT2D eigenvalue weighted by molar-refractivity contribution is 5.86. The summed E-state index contributed by atoms with van der Waals surface area (Å²) < 4.78 is 1.75. The van der Waals surface area contributed by atoms with E-state index in [4.69, 9.17) is 0 Å². The first-order valence-electron chi connectivity index (χ1n) is 7.30. The topological polar surface area (TPSA) is 96.3 Å². The number of aromatic nitrogens is 2. The minimum Gasteiger partial charge on any atom is -0.480 e. The lowest BCUT2D eigenvalue weighted by Crippen LogP contribution is -2.58. The number of nitrogens with zero attached hydrogens (tertiary/aromatic N) is 2. The highest BCUT2D eigenvalue weighted by Crippen LogP contribution is 2.28. The molecule has 0 saturated heterocycles. The second-order valence-corrected chi connectivity index (χ2v) is 5.52. The van der Waals surface area contributed by atoms with Crippen LogP contribution in [0.15, 0.2) is 12.3 Å². The Kier molecular flexibility index (Phi) is 4.82. The van der Waals surface area contributed by atoms with Crippen molar-refractivity contribution >= 4 is 12.0 Å². The summed E-state index contributed by atoms with van der Waals surface area (Å²) in [6.07, 6.45) is 6.05. The third-order valence-corrected chi connectivity index (χ3v) is 4.06. The van der Waals surface area contributed by atoms with Crippen LogP contribution >= 0.6 is 0 Å². The molecule has 1 aliphatic rings. The Labute approximate surface area is 123 Å². The van der Waals surface area contributed by atoms with E-state index in [9.17, 15) is 14.7 Å². The number of carboxylic acid groups (broad SMARTS) is 1. The van der Waals surface area contributed by atoms with Crippen molar-refractivity contribution in [3.8, 4) is 0 Å². The third-order valence-electron chi connectivity index (χ3n) is 4.06. The van der Waals surface area contributed by atoms with Crippen LogP contribution < -0.4 is 10.6 Å². The van der Waals surface area contributed by atoms with E-state index in [-0.39, 0.29) is 0 Å². The van der Waals surface area contributed by atoms with Crippen molar-refractivity contribution in [1.82, 2.24) is 20.4 Å². The van der Waals surface area contributed by atoms with Crippen LogP contribution in [0.25, 0.3) is 0 Å². The molecule has 2 rings (SSSR count). The van der Waals surface area contributed by atoms with Gasteiger partial charge in [0.2, 0.25) is 0 Å². The van der Waals surface area contributed by atoms with Crippen molar-refractivity contribution in [1.29, 1.82) is 0 Å². The zero-order valence-electron chi connectivity index (χ0n) is 12.3. The van der Waals surface area contributed by atoms with Gasteiger partial charge in [0.05, 0.1) is 0 Å². The number of carboxylic acids is 1. The van der Waals surface area contributed by atoms with E-state index in [2.05, 4.69) is 15.7 Å². The molecule has 21 heavy (non-hydrogen) atoms. The van der Waals surface area contributed by atoms with E-state index in [1.54, 1.807) is 10.9 Å². The molecule has 1 heterocycles. The Morgan fingerprint density at radius 1 is 1.38 bits per heavy atom. The number of hydrogen-bond acceptors (Lipinski definition) is 3. The number of aryl methyl sites for hydroxylation is 1. The number of carbonyl (C=O) groups is 2. The van der Waals surface area contributed by atoms with Crippen LogP contribution in [-0.2, 0) is 18.3 Å². The van der Waals surface area contributed by atoms with Gasteiger partial charge in [0.1, 0.15) is 5.54 Å². The van der Waals surface area contributed by atoms with Gasteiger partial charge >= 0.3 is 12.0 Å². The fraction of sp³-hybridized carbons (Fsp3) is 0.643. The summed E-state index contributed by atoms with van der Waals surface area (Å²) in [5.74, 6) is -0.941. The van der Waals surface area contributed by atoms with Gasteiger partial charge in [-0.25, -0.2) is 9.59 Å². The maximum absolute atomic E-state index is 11.9. The van der Waals surface area contributed by atoms with Crippen LogP contribution in [0, 0.1) is 0 Å². The molecule has 0 aliphatic heterocycles. The van der Waals surface area contributed by atoms with Gasteiger partial charge in [-0.05, 0) is 18.9 Å². The molecular weight excluding hydrogens is 272 g/mol. The summed E-state index contributed by atoms with van der Waals surface area (Å²) in [4.78, 5) is 23.4. The fourth-order valence-corrected chi connectivity index (χ4v) is 2.76. The van der Waals surface area contributed by atoms with Crippen molar-refractivity contribution in [2.24, 2.45) is 7.05 Å². The minimum atomic E-state index is -1.10. The van der Waals surface area contributed by atoms with E-state index in [1.807, 2.05) is 13.1 Å². The molecule has 1 aliphatic carbocycles. The fourth-order valence-electron chi connectivity index (χ4n) is 2.76. The van der Waals surface area contributed by atoms with Crippen LogP contribution in [0.2, 0.25) is 0 Å². The van der Waals surface area contributed by atoms with E-state index < -0.39 is 17.5 Å². The lowest BCUT2D eigenvalue weighted by molar-refractivity contribution is -0.145. The van der Waals surface area contributed by atoms with Crippen LogP contribution in [0.5, 0.6) is 0 Å². The third kappa shape index (κ3) is 3.74. The average molecular weight is 294 g/mol. The first-order valence-corrected chi connectivity index (χ1v) is 7.30. The van der Waals surface area contributed by atoms with Gasteiger partial charge in [-0.3, -0.25) is 4.68 Å². The Bertz CT molecular complexity index is 506. The average Bonchev–Trinajstić information content (AvgIpc) is 2.85. The number of hydrogen-bond donors (Lipinski definition) is 3. The molecule has 7 nitrogen and oxygen atoms in total. The molecule has 2 amide bonds. The molecule has 1 saturated carbocycles. The lowest BCUT2D eigenvalue weighted by Gasteiger charge is -2.33. The second kappa shape index (κ2) is 6.60. The lowest BCUT2D eigenvalue weighted by atomic mass is 9.82. The van der Waals surface area contributed by atoms with Gasteiger partial charge in [-0.1, -0.05) is 19.3 Å². The van der Waals surface area contributed by atoms with Gasteiger partial charge in [0, 0.05) is 31.9 Å². The Morgan fingerprint density at radius 2 is 2.10 bits per heavy atom. The van der Waals surface area contributed by atoms with E-state index in [1.165, 1.54) is 0 Å². The molecule has 0 bridgehead atoms. The number of rotatable bonds is 5. The summed E-state index contributed by atoms with van der Waals surface area (Å²) in [6.45, 7) is 0.446. The van der Waals surface area contributed by atoms with Gasteiger partial charge in [-0.2, -0.15) is 5.10 Å². The first kappa shape index (κ1) is 15.3. The number of nitrogens with one attached hydrogen (secondary N) is 2. The first-order chi connectivity index (χ1) is 10.0. The molecular formula is C14H22N4O3. The largest absolute Gasteiger partial charge is 0.480 e. The predicted octanol–water partition coefficient (Wildman–Crippen LogP) is 1.05. The summed E-state index contributed by atoms with van der Waals surface area (Å²) >= 11 is 0. The van der Waals surface area contributed by atoms with Crippen LogP contribution in [0.1, 0.15) is 37.8 Å². The van der Waals surface area contributed by atoms with E-state index >= 15 is 0 Å². The molecule has 0 radical (unpaired) electrons. The summed E-state index contributed by atoms with van der Waals surface area (Å²) in [6, 6.07) is 1.47. The maximum atomic E-state index is 11.9. The van der Waals surface area contributed by atoms with Crippen molar-refractivity contribution in [2.45, 2.75) is 44.1 Å². The van der Waals surface area contributed by atoms with Gasteiger partial charge in [-0.15, -0.1) is 0 Å². The Balaban J connectivity index is 1.82. The molecule has 116 valence electrons. The molecule has 0 aromatic carbocycles. The zero-order chi connectivity index (χ0) is 15.3. The quantitative estimate of drug-likeness (QED) is 0.756. The molecule has 7 heteroatoms. The van der Waals surface area contributed by atoms with Crippen molar-refractivity contribution in [3.63, 3.8) is 0 Å². The monoisotopic (exact) mass is 294 g/mol. The molecule has 0 atom stereocenters. The normalized spacial score (nSPS) is 17.2. The summed E-state index contributed by atoms with van der Waals surface area (Å²) in [7, 11) is 1.84. The highest BCUT2D eigenvalue weighted by Gasteiger charge is 2.40. The Morgan fingerprint density at radius 3 is 2.67 bits per heavy atom. The molecule has 1 aromatic rings. The Hall–Kier alpha value is -2.05. The molecule has 0 unspecified atom stereocenters. The maximum Gasteiger partial charge on any atom is 0.329 e. The molecule has 1 fully saturated rings. The predicted molar refractivity (Wildman–Crippen MR) is 76.9 cm³/mol. The number of urea groups is 1. The second-order valence-electron chi connectivity index (χ2n) is 5.52. The van der Waals surface area contributed by atoms with Crippen molar-refractivity contribution in [3.05, 3.63) is 18.0 Å². The summed E-state index contributed by atoms with van der Waals surface area (Å²) in [5.41, 5.74) is -0.0876.